The molecule has 1 rings (SSSR count). The molecule has 1 aromatic rings. The standard InChI is InChI=1S/C9H13NO3.2ClH/c1-11-7-4-6(10)5-8(12-2)9(7)13-3;;/h4-5H,10H2,1-3H3;2*1H. The van der Waals surface area contributed by atoms with E-state index in [1.807, 2.05) is 0 Å². The van der Waals surface area contributed by atoms with E-state index in [1.54, 1.807) is 33.5 Å². The molecule has 0 spiro atoms. The monoisotopic (exact) mass is 255 g/mol. The van der Waals surface area contributed by atoms with Gasteiger partial charge in [0.1, 0.15) is 0 Å². The Morgan fingerprint density at radius 1 is 0.867 bits per heavy atom. The average Bonchev–Trinajstić information content (AvgIpc) is 2.16. The van der Waals surface area contributed by atoms with Gasteiger partial charge >= 0.3 is 0 Å². The van der Waals surface area contributed by atoms with Crippen molar-refractivity contribution in [2.24, 2.45) is 0 Å². The lowest BCUT2D eigenvalue weighted by Gasteiger charge is -2.12. The van der Waals surface area contributed by atoms with Crippen molar-refractivity contribution in [3.63, 3.8) is 0 Å². The van der Waals surface area contributed by atoms with Gasteiger partial charge in [-0.25, -0.2) is 0 Å². The van der Waals surface area contributed by atoms with Gasteiger partial charge in [0.05, 0.1) is 21.3 Å². The third-order valence-corrected chi connectivity index (χ3v) is 1.69. The maximum atomic E-state index is 5.62. The molecule has 6 heteroatoms. The number of methoxy groups -OCH3 is 3. The first-order valence-corrected chi connectivity index (χ1v) is 3.78. The Bertz CT molecular complexity index is 282. The largest absolute Gasteiger partial charge is 0.493 e. The van der Waals surface area contributed by atoms with Crippen LogP contribution in [0.4, 0.5) is 5.69 Å². The van der Waals surface area contributed by atoms with Crippen LogP contribution in [0.3, 0.4) is 0 Å². The number of hydrogen-bond donors (Lipinski definition) is 1. The van der Waals surface area contributed by atoms with Crippen molar-refractivity contribution >= 4 is 30.5 Å². The van der Waals surface area contributed by atoms with E-state index >= 15 is 0 Å². The number of nitrogen functional groups attached to an aromatic ring is 1. The molecule has 0 aliphatic heterocycles. The summed E-state index contributed by atoms with van der Waals surface area (Å²) in [4.78, 5) is 0. The number of benzene rings is 1. The zero-order valence-corrected chi connectivity index (χ0v) is 10.4. The third kappa shape index (κ3) is 3.57. The maximum absolute atomic E-state index is 5.62. The molecule has 0 aliphatic rings. The van der Waals surface area contributed by atoms with Gasteiger partial charge in [0.15, 0.2) is 11.5 Å². The average molecular weight is 256 g/mol. The summed E-state index contributed by atoms with van der Waals surface area (Å²) in [5.41, 5.74) is 6.20. The highest BCUT2D eigenvalue weighted by molar-refractivity contribution is 5.85. The highest BCUT2D eigenvalue weighted by atomic mass is 35.5. The molecule has 0 saturated heterocycles. The van der Waals surface area contributed by atoms with Crippen LogP contribution in [0.2, 0.25) is 0 Å². The van der Waals surface area contributed by atoms with Crippen molar-refractivity contribution in [3.8, 4) is 17.2 Å². The van der Waals surface area contributed by atoms with E-state index in [2.05, 4.69) is 0 Å². The maximum Gasteiger partial charge on any atom is 0.203 e. The van der Waals surface area contributed by atoms with E-state index in [4.69, 9.17) is 19.9 Å². The summed E-state index contributed by atoms with van der Waals surface area (Å²) in [5, 5.41) is 0. The van der Waals surface area contributed by atoms with Crippen LogP contribution in [0, 0.1) is 0 Å². The molecule has 0 heterocycles. The van der Waals surface area contributed by atoms with Gasteiger partial charge in [0.2, 0.25) is 5.75 Å². The lowest BCUT2D eigenvalue weighted by Crippen LogP contribution is -1.96. The van der Waals surface area contributed by atoms with Crippen LogP contribution in [0.5, 0.6) is 17.2 Å². The van der Waals surface area contributed by atoms with E-state index in [1.165, 1.54) is 0 Å². The number of rotatable bonds is 3. The van der Waals surface area contributed by atoms with Gasteiger partial charge in [-0.15, -0.1) is 24.8 Å². The zero-order chi connectivity index (χ0) is 9.84. The zero-order valence-electron chi connectivity index (χ0n) is 8.77. The Labute approximate surface area is 102 Å². The smallest absolute Gasteiger partial charge is 0.203 e. The van der Waals surface area contributed by atoms with Gasteiger partial charge in [0, 0.05) is 17.8 Å². The van der Waals surface area contributed by atoms with Crippen LogP contribution >= 0.6 is 24.8 Å². The molecule has 0 aliphatic carbocycles. The Hall–Kier alpha value is -1.000. The second kappa shape index (κ2) is 7.31. The van der Waals surface area contributed by atoms with Crippen LogP contribution in [-0.4, -0.2) is 21.3 Å². The minimum absolute atomic E-state index is 0. The molecule has 2 N–H and O–H groups in total. The summed E-state index contributed by atoms with van der Waals surface area (Å²) >= 11 is 0. The normalized spacial score (nSPS) is 8.20. The Morgan fingerprint density at radius 3 is 1.53 bits per heavy atom. The lowest BCUT2D eigenvalue weighted by molar-refractivity contribution is 0.325. The van der Waals surface area contributed by atoms with Gasteiger partial charge in [-0.05, 0) is 0 Å². The van der Waals surface area contributed by atoms with Crippen molar-refractivity contribution in [2.75, 3.05) is 27.1 Å². The lowest BCUT2D eigenvalue weighted by atomic mass is 10.2. The van der Waals surface area contributed by atoms with Gasteiger partial charge in [-0.1, -0.05) is 0 Å². The Morgan fingerprint density at radius 2 is 1.27 bits per heavy atom. The SMILES string of the molecule is COc1cc(N)cc(OC)c1OC.Cl.Cl. The molecule has 0 bridgehead atoms. The predicted molar refractivity (Wildman–Crippen MR) is 65.0 cm³/mol. The fourth-order valence-electron chi connectivity index (χ4n) is 1.10. The summed E-state index contributed by atoms with van der Waals surface area (Å²) < 4.78 is 15.3. The fraction of sp³-hybridized carbons (Fsp3) is 0.333. The molecular weight excluding hydrogens is 241 g/mol. The van der Waals surface area contributed by atoms with Crippen LogP contribution in [0.15, 0.2) is 12.1 Å². The van der Waals surface area contributed by atoms with E-state index < -0.39 is 0 Å². The molecule has 0 amide bonds. The molecule has 0 fully saturated rings. The summed E-state index contributed by atoms with van der Waals surface area (Å²) in [6.45, 7) is 0. The van der Waals surface area contributed by atoms with E-state index in [0.717, 1.165) is 0 Å². The number of halogens is 2. The summed E-state index contributed by atoms with van der Waals surface area (Å²) in [5.74, 6) is 1.69. The number of hydrogen-bond acceptors (Lipinski definition) is 4. The van der Waals surface area contributed by atoms with Crippen molar-refractivity contribution in [3.05, 3.63) is 12.1 Å². The van der Waals surface area contributed by atoms with Crippen molar-refractivity contribution in [1.29, 1.82) is 0 Å². The van der Waals surface area contributed by atoms with Crippen LogP contribution in [0.1, 0.15) is 0 Å². The molecule has 4 nitrogen and oxygen atoms in total. The molecule has 0 aromatic heterocycles. The third-order valence-electron chi connectivity index (χ3n) is 1.69. The molecule has 1 aromatic carbocycles. The van der Waals surface area contributed by atoms with Crippen molar-refractivity contribution in [2.45, 2.75) is 0 Å². The number of anilines is 1. The predicted octanol–water partition coefficient (Wildman–Crippen LogP) is 2.14. The second-order valence-electron chi connectivity index (χ2n) is 2.46. The highest BCUT2D eigenvalue weighted by Crippen LogP contribution is 2.38. The molecule has 0 saturated carbocycles. The van der Waals surface area contributed by atoms with E-state index in [9.17, 15) is 0 Å². The quantitative estimate of drug-likeness (QED) is 0.842. The molecule has 0 radical (unpaired) electrons. The Balaban J connectivity index is 0. The Kier molecular flexibility index (Phi) is 8.01. The molecular formula is C9H15Cl2NO3. The fourth-order valence-corrected chi connectivity index (χ4v) is 1.10. The molecule has 0 atom stereocenters. The van der Waals surface area contributed by atoms with Crippen LogP contribution < -0.4 is 19.9 Å². The van der Waals surface area contributed by atoms with Gasteiger partial charge in [0.25, 0.3) is 0 Å². The second-order valence-corrected chi connectivity index (χ2v) is 2.46. The van der Waals surface area contributed by atoms with Crippen LogP contribution in [0.25, 0.3) is 0 Å². The number of ether oxygens (including phenoxy) is 3. The van der Waals surface area contributed by atoms with Crippen LogP contribution in [-0.2, 0) is 0 Å². The van der Waals surface area contributed by atoms with Gasteiger partial charge in [-0.2, -0.15) is 0 Å². The number of nitrogens with two attached hydrogens (primary N) is 1. The first-order valence-electron chi connectivity index (χ1n) is 3.78. The molecule has 0 unspecified atom stereocenters. The minimum Gasteiger partial charge on any atom is -0.493 e. The van der Waals surface area contributed by atoms with E-state index in [0.29, 0.717) is 22.9 Å². The van der Waals surface area contributed by atoms with Gasteiger partial charge in [-0.3, -0.25) is 0 Å². The minimum atomic E-state index is 0. The van der Waals surface area contributed by atoms with Crippen molar-refractivity contribution in [1.82, 2.24) is 0 Å². The first kappa shape index (κ1) is 16.4. The summed E-state index contributed by atoms with van der Waals surface area (Å²) in [6.07, 6.45) is 0. The topological polar surface area (TPSA) is 53.7 Å². The first-order chi connectivity index (χ1) is 6.22. The summed E-state index contributed by atoms with van der Waals surface area (Å²) in [6, 6.07) is 3.36. The summed E-state index contributed by atoms with van der Waals surface area (Å²) in [7, 11) is 4.66. The molecule has 15 heavy (non-hydrogen) atoms. The van der Waals surface area contributed by atoms with E-state index in [-0.39, 0.29) is 24.8 Å². The highest BCUT2D eigenvalue weighted by Gasteiger charge is 2.11. The van der Waals surface area contributed by atoms with Crippen molar-refractivity contribution < 1.29 is 14.2 Å². The molecule has 88 valence electrons. The van der Waals surface area contributed by atoms with Gasteiger partial charge < -0.3 is 19.9 Å².